The van der Waals surface area contributed by atoms with Crippen LogP contribution in [0.2, 0.25) is 0 Å². The summed E-state index contributed by atoms with van der Waals surface area (Å²) in [4.78, 5) is 45.3. The zero-order valence-electron chi connectivity index (χ0n) is 26.9. The van der Waals surface area contributed by atoms with Crippen molar-refractivity contribution < 1.29 is 23.9 Å². The number of carbonyl (C=O) groups is 3. The molecule has 0 saturated carbocycles. The van der Waals surface area contributed by atoms with Crippen LogP contribution in [0.4, 0.5) is 4.79 Å². The van der Waals surface area contributed by atoms with Crippen molar-refractivity contribution in [3.63, 3.8) is 0 Å². The Balaban J connectivity index is 1.18. The van der Waals surface area contributed by atoms with E-state index in [4.69, 9.17) is 9.47 Å². The molecule has 3 aromatic carbocycles. The highest BCUT2D eigenvalue weighted by Gasteiger charge is 2.52. The van der Waals surface area contributed by atoms with E-state index in [0.717, 1.165) is 45.2 Å². The first-order valence-electron chi connectivity index (χ1n) is 16.3. The Kier molecular flexibility index (Phi) is 8.84. The second kappa shape index (κ2) is 13.5. The van der Waals surface area contributed by atoms with Gasteiger partial charge in [0.25, 0.3) is 0 Å². The number of hydrazine groups is 1. The van der Waals surface area contributed by atoms with Crippen LogP contribution in [0.3, 0.4) is 0 Å². The summed E-state index contributed by atoms with van der Waals surface area (Å²) in [6.45, 7) is 1.04. The molecule has 3 heterocycles. The number of hydrogen-bond acceptors (Lipinski definition) is 7. The first-order valence-corrected chi connectivity index (χ1v) is 16.3. The molecule has 7 rings (SSSR count). The van der Waals surface area contributed by atoms with Gasteiger partial charge in [-0.15, -0.1) is 0 Å². The van der Waals surface area contributed by atoms with E-state index >= 15 is 0 Å². The van der Waals surface area contributed by atoms with Crippen LogP contribution in [-0.4, -0.2) is 95.9 Å². The zero-order valence-corrected chi connectivity index (χ0v) is 26.9. The van der Waals surface area contributed by atoms with Crippen molar-refractivity contribution in [1.29, 1.82) is 5.26 Å². The van der Waals surface area contributed by atoms with E-state index in [2.05, 4.69) is 17.5 Å². The molecule has 3 aromatic rings. The molecule has 1 aliphatic carbocycles. The predicted molar refractivity (Wildman–Crippen MR) is 178 cm³/mol. The normalized spacial score (nSPS) is 21.8. The van der Waals surface area contributed by atoms with E-state index in [-0.39, 0.29) is 44.1 Å². The van der Waals surface area contributed by atoms with Gasteiger partial charge in [0, 0.05) is 33.0 Å². The van der Waals surface area contributed by atoms with Crippen LogP contribution in [0.5, 0.6) is 5.75 Å². The standard InChI is InChI=1S/C37H38N6O5/c1-47-30-12-9-25(10-13-30)21-39-37(46)41(17-16-38)42-24-35(44)43-32(20-26-11-14-33-28(19-26)15-18-48-33)36(45)40(23-34(42)43)22-29-7-4-6-27-5-2-3-8-31(27)29/h2-12,14,19,30,32,34H,13,15,17-18,20-24H2,1H3,(H,39,46)/t30?,32-,34?/m0/s1. The summed E-state index contributed by atoms with van der Waals surface area (Å²) in [6, 6.07) is 20.9. The lowest BCUT2D eigenvalue weighted by molar-refractivity contribution is -0.157. The first kappa shape index (κ1) is 31.4. The largest absolute Gasteiger partial charge is 0.493 e. The fourth-order valence-electron chi connectivity index (χ4n) is 7.18. The topological polar surface area (TPSA) is 118 Å². The zero-order chi connectivity index (χ0) is 33.2. The number of fused-ring (bicyclic) bond motifs is 3. The van der Waals surface area contributed by atoms with E-state index in [1.165, 1.54) is 5.01 Å². The Morgan fingerprint density at radius 2 is 2.00 bits per heavy atom. The molecular weight excluding hydrogens is 608 g/mol. The van der Waals surface area contributed by atoms with Crippen LogP contribution >= 0.6 is 0 Å². The number of methoxy groups -OCH3 is 1. The molecule has 2 fully saturated rings. The average Bonchev–Trinajstić information content (AvgIpc) is 3.71. The quantitative estimate of drug-likeness (QED) is 0.354. The highest BCUT2D eigenvalue weighted by Crippen LogP contribution is 2.33. The van der Waals surface area contributed by atoms with Crippen molar-refractivity contribution in [2.24, 2.45) is 0 Å². The number of benzene rings is 3. The van der Waals surface area contributed by atoms with Crippen molar-refractivity contribution in [3.05, 3.63) is 101 Å². The molecule has 11 heteroatoms. The third-order valence-corrected chi connectivity index (χ3v) is 9.64. The van der Waals surface area contributed by atoms with E-state index in [1.807, 2.05) is 72.8 Å². The Morgan fingerprint density at radius 1 is 1.15 bits per heavy atom. The SMILES string of the molecule is COC1C=CC(CNC(=O)N(CC#N)N2CC(=O)N3C2CN(Cc2cccc4ccccc24)C(=O)[C@@H]3Cc2ccc3c(c2)CCO3)=CC1. The van der Waals surface area contributed by atoms with Gasteiger partial charge in [-0.3, -0.25) is 9.59 Å². The molecule has 3 atom stereocenters. The summed E-state index contributed by atoms with van der Waals surface area (Å²) in [5.74, 6) is 0.448. The smallest absolute Gasteiger partial charge is 0.333 e. The van der Waals surface area contributed by atoms with E-state index < -0.39 is 18.2 Å². The molecule has 48 heavy (non-hydrogen) atoms. The van der Waals surface area contributed by atoms with Crippen molar-refractivity contribution in [2.75, 3.05) is 39.9 Å². The van der Waals surface area contributed by atoms with Gasteiger partial charge in [-0.1, -0.05) is 72.8 Å². The summed E-state index contributed by atoms with van der Waals surface area (Å²) in [5.41, 5.74) is 3.95. The third-order valence-electron chi connectivity index (χ3n) is 9.64. The van der Waals surface area contributed by atoms with Crippen molar-refractivity contribution in [1.82, 2.24) is 25.1 Å². The van der Waals surface area contributed by atoms with Crippen LogP contribution in [0, 0.1) is 11.3 Å². The van der Waals surface area contributed by atoms with Gasteiger partial charge in [0.2, 0.25) is 11.8 Å². The van der Waals surface area contributed by atoms with Gasteiger partial charge >= 0.3 is 6.03 Å². The maximum Gasteiger partial charge on any atom is 0.333 e. The molecule has 2 unspecified atom stereocenters. The Hall–Kier alpha value is -5.18. The molecule has 2 saturated heterocycles. The van der Waals surface area contributed by atoms with Gasteiger partial charge in [0.1, 0.15) is 24.5 Å². The summed E-state index contributed by atoms with van der Waals surface area (Å²) in [7, 11) is 1.66. The molecule has 246 valence electrons. The van der Waals surface area contributed by atoms with Crippen LogP contribution < -0.4 is 10.1 Å². The number of nitrogens with one attached hydrogen (secondary N) is 1. The number of carbonyl (C=O) groups excluding carboxylic acids is 3. The highest BCUT2D eigenvalue weighted by molar-refractivity contribution is 5.92. The number of ether oxygens (including phenoxy) is 2. The van der Waals surface area contributed by atoms with Gasteiger partial charge in [-0.05, 0) is 45.5 Å². The summed E-state index contributed by atoms with van der Waals surface area (Å²) < 4.78 is 11.1. The Morgan fingerprint density at radius 3 is 2.81 bits per heavy atom. The van der Waals surface area contributed by atoms with Crippen molar-refractivity contribution in [2.45, 2.75) is 44.1 Å². The molecule has 0 spiro atoms. The number of nitriles is 1. The number of nitrogens with zero attached hydrogens (tertiary/aromatic N) is 5. The van der Waals surface area contributed by atoms with Crippen LogP contribution in [-0.2, 0) is 33.7 Å². The van der Waals surface area contributed by atoms with Crippen LogP contribution in [0.25, 0.3) is 10.8 Å². The van der Waals surface area contributed by atoms with Gasteiger partial charge < -0.3 is 24.6 Å². The minimum atomic E-state index is -0.783. The Bertz CT molecular complexity index is 1840. The molecule has 11 nitrogen and oxygen atoms in total. The summed E-state index contributed by atoms with van der Waals surface area (Å²) in [5, 5.41) is 17.8. The number of piperazine rings is 1. The molecule has 0 radical (unpaired) electrons. The number of rotatable bonds is 9. The summed E-state index contributed by atoms with van der Waals surface area (Å²) >= 11 is 0. The molecule has 4 aliphatic rings. The van der Waals surface area contributed by atoms with Gasteiger partial charge in [-0.2, -0.15) is 10.3 Å². The molecule has 0 aromatic heterocycles. The maximum atomic E-state index is 14.4. The third kappa shape index (κ3) is 6.12. The highest BCUT2D eigenvalue weighted by atomic mass is 16.5. The monoisotopic (exact) mass is 646 g/mol. The lowest BCUT2D eigenvalue weighted by Crippen LogP contribution is -2.66. The summed E-state index contributed by atoms with van der Waals surface area (Å²) in [6.07, 6.45) is 7.07. The molecule has 4 amide bonds. The molecule has 0 bridgehead atoms. The number of urea groups is 1. The fraction of sp³-hybridized carbons (Fsp3) is 0.351. The minimum Gasteiger partial charge on any atom is -0.493 e. The first-order chi connectivity index (χ1) is 23.4. The molecular formula is C37H38N6O5. The fourth-order valence-corrected chi connectivity index (χ4v) is 7.18. The van der Waals surface area contributed by atoms with Crippen molar-refractivity contribution in [3.8, 4) is 11.8 Å². The van der Waals surface area contributed by atoms with Crippen LogP contribution in [0.1, 0.15) is 23.1 Å². The van der Waals surface area contributed by atoms with Crippen molar-refractivity contribution >= 4 is 28.6 Å². The van der Waals surface area contributed by atoms with E-state index in [1.54, 1.807) is 21.9 Å². The molecule has 3 aliphatic heterocycles. The second-order valence-corrected chi connectivity index (χ2v) is 12.5. The lowest BCUT2D eigenvalue weighted by Gasteiger charge is -2.46. The number of amides is 4. The van der Waals surface area contributed by atoms with Crippen LogP contribution in [0.15, 0.2) is 84.5 Å². The van der Waals surface area contributed by atoms with Gasteiger partial charge in [0.15, 0.2) is 0 Å². The number of hydrogen-bond donors (Lipinski definition) is 1. The predicted octanol–water partition coefficient (Wildman–Crippen LogP) is 3.55. The lowest BCUT2D eigenvalue weighted by atomic mass is 9.97. The van der Waals surface area contributed by atoms with E-state index in [9.17, 15) is 19.6 Å². The Labute approximate surface area is 279 Å². The maximum absolute atomic E-state index is 14.4. The second-order valence-electron chi connectivity index (χ2n) is 12.5. The van der Waals surface area contributed by atoms with E-state index in [0.29, 0.717) is 26.0 Å². The van der Waals surface area contributed by atoms with Gasteiger partial charge in [-0.25, -0.2) is 9.80 Å². The van der Waals surface area contributed by atoms with Gasteiger partial charge in [0.05, 0.1) is 31.9 Å². The minimum absolute atomic E-state index is 0.00468. The average molecular weight is 647 g/mol. The molecule has 1 N–H and O–H groups in total.